The van der Waals surface area contributed by atoms with Crippen LogP contribution in [0.3, 0.4) is 0 Å². The average Bonchev–Trinajstić information content (AvgIpc) is 2.52. The van der Waals surface area contributed by atoms with Gasteiger partial charge in [-0.3, -0.25) is 9.78 Å². The normalized spacial score (nSPS) is 12.1. The van der Waals surface area contributed by atoms with Crippen LogP contribution in [0.15, 0.2) is 47.7 Å². The Balaban J connectivity index is 1.89. The molecule has 114 valence electrons. The molecular formula is C16H16ClN3O2. The van der Waals surface area contributed by atoms with Gasteiger partial charge >= 0.3 is 0 Å². The summed E-state index contributed by atoms with van der Waals surface area (Å²) in [6.45, 7) is 3.52. The molecule has 1 aromatic heterocycles. The Labute approximate surface area is 134 Å². The molecule has 22 heavy (non-hydrogen) atoms. The summed E-state index contributed by atoms with van der Waals surface area (Å²) in [6.07, 6.45) is 2.44. The quantitative estimate of drug-likeness (QED) is 0.681. The third-order valence-corrected chi connectivity index (χ3v) is 3.29. The minimum absolute atomic E-state index is 0.347. The highest BCUT2D eigenvalue weighted by Gasteiger charge is 2.14. The summed E-state index contributed by atoms with van der Waals surface area (Å²) < 4.78 is 5.55. The lowest BCUT2D eigenvalue weighted by Crippen LogP contribution is -2.33. The highest BCUT2D eigenvalue weighted by Crippen LogP contribution is 2.21. The first kappa shape index (κ1) is 16.0. The minimum Gasteiger partial charge on any atom is -0.481 e. The summed E-state index contributed by atoms with van der Waals surface area (Å²) in [5.74, 6) is 0.234. The van der Waals surface area contributed by atoms with E-state index in [1.165, 1.54) is 6.21 Å². The fourth-order valence-corrected chi connectivity index (χ4v) is 1.77. The van der Waals surface area contributed by atoms with E-state index in [0.29, 0.717) is 16.5 Å². The van der Waals surface area contributed by atoms with Crippen LogP contribution in [0.25, 0.3) is 0 Å². The van der Waals surface area contributed by atoms with Gasteiger partial charge in [0.1, 0.15) is 5.75 Å². The van der Waals surface area contributed by atoms with Gasteiger partial charge in [0, 0.05) is 11.2 Å². The first-order valence-corrected chi connectivity index (χ1v) is 7.11. The number of carbonyl (C=O) groups is 1. The molecule has 0 radical (unpaired) electrons. The number of carbonyl (C=O) groups excluding carboxylic acids is 1. The molecule has 0 spiro atoms. The van der Waals surface area contributed by atoms with Gasteiger partial charge in [0.2, 0.25) is 0 Å². The topological polar surface area (TPSA) is 63.6 Å². The Hall–Kier alpha value is -2.40. The predicted molar refractivity (Wildman–Crippen MR) is 86.3 cm³/mol. The molecule has 0 fully saturated rings. The van der Waals surface area contributed by atoms with E-state index in [1.54, 1.807) is 43.5 Å². The molecule has 1 aromatic carbocycles. The maximum absolute atomic E-state index is 11.9. The van der Waals surface area contributed by atoms with Crippen LogP contribution in [0.5, 0.6) is 5.75 Å². The molecule has 0 unspecified atom stereocenters. The second kappa shape index (κ2) is 7.56. The van der Waals surface area contributed by atoms with Gasteiger partial charge < -0.3 is 4.74 Å². The van der Waals surface area contributed by atoms with Gasteiger partial charge in [-0.15, -0.1) is 0 Å². The van der Waals surface area contributed by atoms with Crippen LogP contribution in [-0.2, 0) is 4.79 Å². The maximum Gasteiger partial charge on any atom is 0.280 e. The Morgan fingerprint density at radius 1 is 1.41 bits per heavy atom. The molecule has 1 amide bonds. The van der Waals surface area contributed by atoms with Gasteiger partial charge in [0.25, 0.3) is 5.91 Å². The zero-order chi connectivity index (χ0) is 15.9. The number of pyridine rings is 1. The Kier molecular flexibility index (Phi) is 5.49. The number of rotatable bonds is 5. The number of aryl methyl sites for hydroxylation is 1. The van der Waals surface area contributed by atoms with Crippen LogP contribution in [0.4, 0.5) is 0 Å². The van der Waals surface area contributed by atoms with E-state index < -0.39 is 6.10 Å². The molecule has 1 N–H and O–H groups in total. The summed E-state index contributed by atoms with van der Waals surface area (Å²) in [7, 11) is 0. The lowest BCUT2D eigenvalue weighted by atomic mass is 10.2. The predicted octanol–water partition coefficient (Wildman–Crippen LogP) is 2.96. The third kappa shape index (κ3) is 4.56. The van der Waals surface area contributed by atoms with Crippen molar-refractivity contribution >= 4 is 23.7 Å². The standard InChI is InChI=1S/C16H16ClN3O2/c1-11-9-14(6-7-15(11)17)22-12(2)16(21)20-19-10-13-5-3-4-8-18-13/h3-10,12H,1-2H3,(H,20,21)/b19-10-/t12-/m1/s1. The van der Waals surface area contributed by atoms with Crippen LogP contribution < -0.4 is 10.2 Å². The molecule has 0 saturated carbocycles. The number of nitrogens with zero attached hydrogens (tertiary/aromatic N) is 2. The van der Waals surface area contributed by atoms with Crippen molar-refractivity contribution in [2.75, 3.05) is 0 Å². The summed E-state index contributed by atoms with van der Waals surface area (Å²) in [5.41, 5.74) is 3.96. The van der Waals surface area contributed by atoms with Gasteiger partial charge in [-0.25, -0.2) is 5.43 Å². The molecule has 0 bridgehead atoms. The number of aromatic nitrogens is 1. The number of nitrogens with one attached hydrogen (secondary N) is 1. The summed E-state index contributed by atoms with van der Waals surface area (Å²) in [5, 5.41) is 4.50. The smallest absolute Gasteiger partial charge is 0.280 e. The minimum atomic E-state index is -0.679. The lowest BCUT2D eigenvalue weighted by molar-refractivity contribution is -0.127. The van der Waals surface area contributed by atoms with E-state index in [1.807, 2.05) is 13.0 Å². The molecule has 0 saturated heterocycles. The molecule has 2 aromatic rings. The fourth-order valence-electron chi connectivity index (χ4n) is 1.65. The second-order valence-electron chi connectivity index (χ2n) is 4.66. The number of hydrazone groups is 1. The Bertz CT molecular complexity index is 674. The van der Waals surface area contributed by atoms with Gasteiger partial charge in [-0.1, -0.05) is 17.7 Å². The number of amides is 1. The van der Waals surface area contributed by atoms with Crippen molar-refractivity contribution in [2.24, 2.45) is 5.10 Å². The molecule has 2 rings (SSSR count). The fraction of sp³-hybridized carbons (Fsp3) is 0.188. The van der Waals surface area contributed by atoms with Gasteiger partial charge in [-0.2, -0.15) is 5.10 Å². The highest BCUT2D eigenvalue weighted by atomic mass is 35.5. The summed E-state index contributed by atoms with van der Waals surface area (Å²) in [4.78, 5) is 16.0. The van der Waals surface area contributed by atoms with Crippen molar-refractivity contribution in [1.29, 1.82) is 0 Å². The number of hydrogen-bond acceptors (Lipinski definition) is 4. The number of benzene rings is 1. The first-order valence-electron chi connectivity index (χ1n) is 6.73. The van der Waals surface area contributed by atoms with E-state index in [0.717, 1.165) is 5.56 Å². The molecular weight excluding hydrogens is 302 g/mol. The SMILES string of the molecule is Cc1cc(O[C@H](C)C(=O)N/N=C\c2ccccn2)ccc1Cl. The molecule has 0 aliphatic heterocycles. The van der Waals surface area contributed by atoms with Gasteiger partial charge in [0.05, 0.1) is 11.9 Å². The van der Waals surface area contributed by atoms with Crippen molar-refractivity contribution in [3.63, 3.8) is 0 Å². The first-order chi connectivity index (χ1) is 10.6. The lowest BCUT2D eigenvalue weighted by Gasteiger charge is -2.13. The summed E-state index contributed by atoms with van der Waals surface area (Å²) >= 11 is 5.95. The molecule has 1 heterocycles. The Morgan fingerprint density at radius 2 is 2.23 bits per heavy atom. The molecule has 0 aliphatic carbocycles. The molecule has 5 nitrogen and oxygen atoms in total. The van der Waals surface area contributed by atoms with Crippen molar-refractivity contribution in [1.82, 2.24) is 10.4 Å². The van der Waals surface area contributed by atoms with Gasteiger partial charge in [0.15, 0.2) is 6.10 Å². The Morgan fingerprint density at radius 3 is 2.91 bits per heavy atom. The number of hydrogen-bond donors (Lipinski definition) is 1. The second-order valence-corrected chi connectivity index (χ2v) is 5.07. The van der Waals surface area contributed by atoms with E-state index in [-0.39, 0.29) is 5.91 Å². The maximum atomic E-state index is 11.9. The zero-order valence-corrected chi connectivity index (χ0v) is 13.0. The highest BCUT2D eigenvalue weighted by molar-refractivity contribution is 6.31. The van der Waals surface area contributed by atoms with Crippen LogP contribution in [0.1, 0.15) is 18.2 Å². The van der Waals surface area contributed by atoms with Crippen LogP contribution >= 0.6 is 11.6 Å². The van der Waals surface area contributed by atoms with E-state index in [2.05, 4.69) is 15.5 Å². The van der Waals surface area contributed by atoms with E-state index in [4.69, 9.17) is 16.3 Å². The summed E-state index contributed by atoms with van der Waals surface area (Å²) in [6, 6.07) is 10.7. The van der Waals surface area contributed by atoms with Gasteiger partial charge in [-0.05, 0) is 49.7 Å². The zero-order valence-electron chi connectivity index (χ0n) is 12.3. The van der Waals surface area contributed by atoms with E-state index >= 15 is 0 Å². The number of halogens is 1. The van der Waals surface area contributed by atoms with Crippen molar-refractivity contribution in [2.45, 2.75) is 20.0 Å². The monoisotopic (exact) mass is 317 g/mol. The van der Waals surface area contributed by atoms with E-state index in [9.17, 15) is 4.79 Å². The largest absolute Gasteiger partial charge is 0.481 e. The van der Waals surface area contributed by atoms with Crippen molar-refractivity contribution in [3.05, 3.63) is 58.9 Å². The average molecular weight is 318 g/mol. The van der Waals surface area contributed by atoms with Crippen LogP contribution in [0.2, 0.25) is 5.02 Å². The van der Waals surface area contributed by atoms with Crippen LogP contribution in [-0.4, -0.2) is 23.2 Å². The third-order valence-electron chi connectivity index (χ3n) is 2.87. The van der Waals surface area contributed by atoms with Crippen molar-refractivity contribution in [3.8, 4) is 5.75 Å². The van der Waals surface area contributed by atoms with Crippen LogP contribution in [0, 0.1) is 6.92 Å². The molecule has 0 aliphatic rings. The van der Waals surface area contributed by atoms with Crippen molar-refractivity contribution < 1.29 is 9.53 Å². The number of ether oxygens (including phenoxy) is 1. The molecule has 6 heteroatoms. The molecule has 1 atom stereocenters.